The minimum Gasteiger partial charge on any atom is -0.492 e. The van der Waals surface area contributed by atoms with Crippen molar-refractivity contribution in [3.05, 3.63) is 53.6 Å². The number of amides is 1. The van der Waals surface area contributed by atoms with Gasteiger partial charge in [-0.3, -0.25) is 9.10 Å². The molecule has 0 atom stereocenters. The number of morpholine rings is 1. The molecule has 186 valence electrons. The zero-order valence-electron chi connectivity index (χ0n) is 18.5. The summed E-state index contributed by atoms with van der Waals surface area (Å²) in [5, 5.41) is 2.81. The summed E-state index contributed by atoms with van der Waals surface area (Å²) in [6.07, 6.45) is 0.996. The van der Waals surface area contributed by atoms with Crippen LogP contribution in [0.2, 0.25) is 5.02 Å². The molecule has 3 rings (SSSR count). The number of carbonyl (C=O) groups is 1. The van der Waals surface area contributed by atoms with E-state index in [9.17, 15) is 21.6 Å². The lowest BCUT2D eigenvalue weighted by molar-refractivity contribution is -0.119. The van der Waals surface area contributed by atoms with Gasteiger partial charge < -0.3 is 14.8 Å². The van der Waals surface area contributed by atoms with Crippen LogP contribution < -0.4 is 14.4 Å². The molecule has 1 amide bonds. The summed E-state index contributed by atoms with van der Waals surface area (Å²) in [6, 6.07) is 12.4. The molecule has 1 saturated heterocycles. The van der Waals surface area contributed by atoms with Crippen molar-refractivity contribution in [2.75, 3.05) is 56.6 Å². The van der Waals surface area contributed by atoms with Gasteiger partial charge in [0.1, 0.15) is 18.9 Å². The third-order valence-electron chi connectivity index (χ3n) is 4.93. The van der Waals surface area contributed by atoms with Gasteiger partial charge in [-0.05, 0) is 36.4 Å². The summed E-state index contributed by atoms with van der Waals surface area (Å²) in [6.45, 7) is 1.15. The lowest BCUT2D eigenvalue weighted by atomic mass is 10.3. The quantitative estimate of drug-likeness (QED) is 0.459. The molecule has 1 aliphatic heterocycles. The van der Waals surface area contributed by atoms with Crippen LogP contribution in [-0.4, -0.2) is 79.3 Å². The van der Waals surface area contributed by atoms with Crippen molar-refractivity contribution in [3.8, 4) is 5.75 Å². The first kappa shape index (κ1) is 26.2. The van der Waals surface area contributed by atoms with Crippen molar-refractivity contribution in [1.29, 1.82) is 0 Å². The Kier molecular flexibility index (Phi) is 8.77. The number of benzene rings is 2. The minimum atomic E-state index is -3.74. The van der Waals surface area contributed by atoms with Gasteiger partial charge in [0.15, 0.2) is 0 Å². The molecule has 0 aliphatic carbocycles. The molecule has 13 heteroatoms. The molecule has 0 radical (unpaired) electrons. The smallest absolute Gasteiger partial charge is 0.243 e. The largest absolute Gasteiger partial charge is 0.492 e. The second kappa shape index (κ2) is 11.4. The Balaban J connectivity index is 1.50. The van der Waals surface area contributed by atoms with E-state index in [-0.39, 0.29) is 28.8 Å². The Morgan fingerprint density at radius 3 is 2.35 bits per heavy atom. The van der Waals surface area contributed by atoms with Crippen LogP contribution in [0.15, 0.2) is 53.4 Å². The maximum atomic E-state index is 12.6. The van der Waals surface area contributed by atoms with Crippen molar-refractivity contribution < 1.29 is 31.1 Å². The molecule has 0 spiro atoms. The zero-order valence-corrected chi connectivity index (χ0v) is 20.9. The molecule has 1 aliphatic rings. The minimum absolute atomic E-state index is 0.103. The highest BCUT2D eigenvalue weighted by Gasteiger charge is 2.26. The van der Waals surface area contributed by atoms with Crippen LogP contribution in [0.3, 0.4) is 0 Å². The van der Waals surface area contributed by atoms with Gasteiger partial charge in [-0.25, -0.2) is 16.8 Å². The number of para-hydroxylation sites is 1. The zero-order chi connectivity index (χ0) is 24.8. The Morgan fingerprint density at radius 1 is 1.09 bits per heavy atom. The van der Waals surface area contributed by atoms with E-state index in [1.165, 1.54) is 40.7 Å². The third kappa shape index (κ3) is 6.83. The molecule has 34 heavy (non-hydrogen) atoms. The van der Waals surface area contributed by atoms with Crippen LogP contribution in [-0.2, 0) is 29.6 Å². The molecule has 0 unspecified atom stereocenters. The number of hydrogen-bond acceptors (Lipinski definition) is 7. The van der Waals surface area contributed by atoms with Gasteiger partial charge in [-0.1, -0.05) is 23.7 Å². The van der Waals surface area contributed by atoms with Crippen molar-refractivity contribution in [1.82, 2.24) is 9.62 Å². The summed E-state index contributed by atoms with van der Waals surface area (Å²) >= 11 is 6.08. The van der Waals surface area contributed by atoms with Gasteiger partial charge in [-0.2, -0.15) is 4.31 Å². The number of hydrogen-bond donors (Lipinski definition) is 1. The van der Waals surface area contributed by atoms with E-state index in [0.29, 0.717) is 32.1 Å². The molecule has 2 aromatic rings. The number of rotatable bonds is 10. The predicted molar refractivity (Wildman–Crippen MR) is 128 cm³/mol. The number of halogens is 1. The van der Waals surface area contributed by atoms with Crippen LogP contribution in [0, 0.1) is 0 Å². The number of carbonyl (C=O) groups excluding carboxylic acids is 1. The summed E-state index contributed by atoms with van der Waals surface area (Å²) < 4.78 is 62.6. The molecule has 2 aromatic carbocycles. The van der Waals surface area contributed by atoms with Crippen LogP contribution in [0.5, 0.6) is 5.75 Å². The lowest BCUT2D eigenvalue weighted by Gasteiger charge is -2.26. The molecular formula is C21H26ClN3O7S2. The van der Waals surface area contributed by atoms with E-state index in [1.54, 1.807) is 12.1 Å². The first-order valence-electron chi connectivity index (χ1n) is 10.4. The highest BCUT2D eigenvalue weighted by molar-refractivity contribution is 7.92. The van der Waals surface area contributed by atoms with Gasteiger partial charge in [0.2, 0.25) is 26.0 Å². The number of nitrogens with zero attached hydrogens (tertiary/aromatic N) is 2. The lowest BCUT2D eigenvalue weighted by Crippen LogP contribution is -2.41. The SMILES string of the molecule is CS(=O)(=O)N(CC(=O)NCCOc1ccc(S(=O)(=O)N2CCOCC2)cc1)c1ccccc1Cl. The van der Waals surface area contributed by atoms with Gasteiger partial charge in [0.25, 0.3) is 0 Å². The number of nitrogens with one attached hydrogen (secondary N) is 1. The van der Waals surface area contributed by atoms with E-state index < -0.39 is 32.5 Å². The summed E-state index contributed by atoms with van der Waals surface area (Å²) in [5.41, 5.74) is 0.213. The predicted octanol–water partition coefficient (Wildman–Crippen LogP) is 1.32. The number of sulfonamides is 2. The van der Waals surface area contributed by atoms with E-state index in [2.05, 4.69) is 5.32 Å². The van der Waals surface area contributed by atoms with Crippen LogP contribution in [0.4, 0.5) is 5.69 Å². The molecular weight excluding hydrogens is 506 g/mol. The maximum absolute atomic E-state index is 12.6. The number of ether oxygens (including phenoxy) is 2. The first-order valence-corrected chi connectivity index (χ1v) is 14.1. The van der Waals surface area contributed by atoms with Crippen molar-refractivity contribution in [2.24, 2.45) is 0 Å². The van der Waals surface area contributed by atoms with E-state index in [4.69, 9.17) is 21.1 Å². The normalized spacial score (nSPS) is 15.0. The summed E-state index contributed by atoms with van der Waals surface area (Å²) in [7, 11) is -7.32. The Hall–Kier alpha value is -2.38. The molecule has 0 saturated carbocycles. The van der Waals surface area contributed by atoms with E-state index >= 15 is 0 Å². The fourth-order valence-corrected chi connectivity index (χ4v) is 5.79. The Bertz CT molecular complexity index is 1200. The fourth-order valence-electron chi connectivity index (χ4n) is 3.22. The van der Waals surface area contributed by atoms with Crippen LogP contribution in [0.25, 0.3) is 0 Å². The maximum Gasteiger partial charge on any atom is 0.243 e. The second-order valence-corrected chi connectivity index (χ2v) is 11.7. The van der Waals surface area contributed by atoms with Gasteiger partial charge in [0.05, 0.1) is 41.6 Å². The monoisotopic (exact) mass is 531 g/mol. The first-order chi connectivity index (χ1) is 16.1. The van der Waals surface area contributed by atoms with Crippen LogP contribution >= 0.6 is 11.6 Å². The highest BCUT2D eigenvalue weighted by Crippen LogP contribution is 2.27. The van der Waals surface area contributed by atoms with Gasteiger partial charge in [-0.15, -0.1) is 0 Å². The van der Waals surface area contributed by atoms with E-state index in [1.807, 2.05) is 0 Å². The van der Waals surface area contributed by atoms with Crippen molar-refractivity contribution in [3.63, 3.8) is 0 Å². The average Bonchev–Trinajstić information content (AvgIpc) is 2.81. The highest BCUT2D eigenvalue weighted by atomic mass is 35.5. The van der Waals surface area contributed by atoms with Gasteiger partial charge in [0, 0.05) is 13.1 Å². The third-order valence-corrected chi connectivity index (χ3v) is 8.29. The standard InChI is InChI=1S/C21H26ClN3O7S2/c1-33(27,28)25(20-5-3-2-4-19(20)22)16-21(26)23-10-13-32-17-6-8-18(9-7-17)34(29,30)24-11-14-31-15-12-24/h2-9H,10-16H2,1H3,(H,23,26). The molecule has 0 bridgehead atoms. The molecule has 10 nitrogen and oxygen atoms in total. The van der Waals surface area contributed by atoms with E-state index in [0.717, 1.165) is 10.6 Å². The van der Waals surface area contributed by atoms with Gasteiger partial charge >= 0.3 is 0 Å². The summed E-state index contributed by atoms with van der Waals surface area (Å²) in [5.74, 6) is -0.0927. The Morgan fingerprint density at radius 2 is 1.74 bits per heavy atom. The average molecular weight is 532 g/mol. The summed E-state index contributed by atoms with van der Waals surface area (Å²) in [4.78, 5) is 12.5. The molecule has 1 fully saturated rings. The second-order valence-electron chi connectivity index (χ2n) is 7.41. The molecule has 1 N–H and O–H groups in total. The van der Waals surface area contributed by atoms with Crippen molar-refractivity contribution in [2.45, 2.75) is 4.90 Å². The molecule has 0 aromatic heterocycles. The fraction of sp³-hybridized carbons (Fsp3) is 0.381. The molecule has 1 heterocycles. The van der Waals surface area contributed by atoms with Crippen molar-refractivity contribution >= 4 is 43.2 Å². The number of anilines is 1. The topological polar surface area (TPSA) is 122 Å². The van der Waals surface area contributed by atoms with Crippen LogP contribution in [0.1, 0.15) is 0 Å². The Labute approximate surface area is 204 Å².